The Morgan fingerprint density at radius 1 is 1.29 bits per heavy atom. The summed E-state index contributed by atoms with van der Waals surface area (Å²) in [5, 5.41) is 3.05. The Morgan fingerprint density at radius 3 is 2.65 bits per heavy atom. The quantitative estimate of drug-likeness (QED) is 0.695. The van der Waals surface area contributed by atoms with E-state index in [0.29, 0.717) is 25.9 Å². The van der Waals surface area contributed by atoms with Crippen LogP contribution >= 0.6 is 8.03 Å². The van der Waals surface area contributed by atoms with Crippen LogP contribution in [0.5, 0.6) is 0 Å². The monoisotopic (exact) mass is 254 g/mol. The van der Waals surface area contributed by atoms with Crippen LogP contribution in [0.2, 0.25) is 0 Å². The van der Waals surface area contributed by atoms with Crippen LogP contribution in [0.1, 0.15) is 18.4 Å². The van der Waals surface area contributed by atoms with Crippen LogP contribution in [0.15, 0.2) is 30.3 Å². The molecular formula is C12H17NO3P+. The molecule has 1 aromatic rings. The van der Waals surface area contributed by atoms with Gasteiger partial charge < -0.3 is 5.32 Å². The number of rotatable bonds is 8. The third-order valence-corrected chi connectivity index (χ3v) is 3.00. The molecule has 1 unspecified atom stereocenters. The van der Waals surface area contributed by atoms with Crippen molar-refractivity contribution in [3.8, 4) is 0 Å². The highest BCUT2D eigenvalue weighted by molar-refractivity contribution is 7.37. The maximum atomic E-state index is 11.4. The third kappa shape index (κ3) is 6.95. The molecule has 0 amide bonds. The number of hydrogen-bond acceptors (Lipinski definition) is 3. The summed E-state index contributed by atoms with van der Waals surface area (Å²) in [6.07, 6.45) is 1.06. The molecule has 0 aliphatic heterocycles. The number of ketones is 1. The summed E-state index contributed by atoms with van der Waals surface area (Å²) in [7, 11) is -2.10. The third-order valence-electron chi connectivity index (χ3n) is 2.30. The second kappa shape index (κ2) is 8.07. The Labute approximate surface area is 102 Å². The van der Waals surface area contributed by atoms with Gasteiger partial charge in [-0.2, -0.15) is 4.89 Å². The van der Waals surface area contributed by atoms with Crippen molar-refractivity contribution in [2.24, 2.45) is 0 Å². The first kappa shape index (κ1) is 14.0. The van der Waals surface area contributed by atoms with Gasteiger partial charge in [0.2, 0.25) is 0 Å². The van der Waals surface area contributed by atoms with E-state index < -0.39 is 8.03 Å². The van der Waals surface area contributed by atoms with Gasteiger partial charge in [0.25, 0.3) is 0 Å². The van der Waals surface area contributed by atoms with Crippen molar-refractivity contribution in [2.75, 3.05) is 12.7 Å². The van der Waals surface area contributed by atoms with E-state index in [1.165, 1.54) is 0 Å². The van der Waals surface area contributed by atoms with Gasteiger partial charge in [-0.3, -0.25) is 4.79 Å². The highest BCUT2D eigenvalue weighted by Crippen LogP contribution is 2.14. The maximum Gasteiger partial charge on any atom is 0.505 e. The normalized spacial score (nSPS) is 11.2. The highest BCUT2D eigenvalue weighted by atomic mass is 31.1. The molecule has 0 saturated carbocycles. The molecule has 0 aliphatic carbocycles. The molecule has 1 rings (SSSR count). The summed E-state index contributed by atoms with van der Waals surface area (Å²) >= 11 is 0. The van der Waals surface area contributed by atoms with Crippen LogP contribution in [-0.2, 0) is 15.9 Å². The molecule has 0 heterocycles. The summed E-state index contributed by atoms with van der Waals surface area (Å²) < 4.78 is 10.4. The lowest BCUT2D eigenvalue weighted by Gasteiger charge is -2.03. The van der Waals surface area contributed by atoms with Crippen LogP contribution in [0.4, 0.5) is 0 Å². The molecule has 0 bridgehead atoms. The molecular weight excluding hydrogens is 237 g/mol. The van der Waals surface area contributed by atoms with E-state index in [0.717, 1.165) is 5.56 Å². The topological polar surface area (TPSA) is 66.4 Å². The molecule has 4 nitrogen and oxygen atoms in total. The summed E-state index contributed by atoms with van der Waals surface area (Å²) in [6.45, 7) is 0.984. The van der Waals surface area contributed by atoms with E-state index in [1.807, 2.05) is 30.3 Å². The van der Waals surface area contributed by atoms with Crippen molar-refractivity contribution in [1.29, 1.82) is 0 Å². The van der Waals surface area contributed by atoms with Gasteiger partial charge in [0.15, 0.2) is 6.16 Å². The minimum absolute atomic E-state index is 0.0813. The summed E-state index contributed by atoms with van der Waals surface area (Å²) in [6, 6.07) is 9.85. The average Bonchev–Trinajstić information content (AvgIpc) is 2.30. The smallest absolute Gasteiger partial charge is 0.306 e. The zero-order valence-corrected chi connectivity index (χ0v) is 10.5. The molecule has 0 aromatic heterocycles. The van der Waals surface area contributed by atoms with Crippen molar-refractivity contribution >= 4 is 13.8 Å². The Morgan fingerprint density at radius 2 is 2.00 bits per heavy atom. The molecule has 0 aliphatic rings. The fourth-order valence-corrected chi connectivity index (χ4v) is 1.87. The zero-order valence-electron chi connectivity index (χ0n) is 9.63. The molecule has 0 radical (unpaired) electrons. The first-order valence-corrected chi connectivity index (χ1v) is 6.98. The van der Waals surface area contributed by atoms with E-state index in [-0.39, 0.29) is 11.9 Å². The fraction of sp³-hybridized carbons (Fsp3) is 0.417. The minimum atomic E-state index is -2.10. The number of carbonyl (C=O) groups is 1. The number of benzene rings is 1. The van der Waals surface area contributed by atoms with Crippen molar-refractivity contribution in [1.82, 2.24) is 5.32 Å². The maximum absolute atomic E-state index is 11.4. The SMILES string of the molecule is O=C(CCC[P+](=O)O)CNCc1ccccc1. The van der Waals surface area contributed by atoms with E-state index in [4.69, 9.17) is 4.89 Å². The van der Waals surface area contributed by atoms with Crippen LogP contribution in [0.3, 0.4) is 0 Å². The second-order valence-corrected chi connectivity index (χ2v) is 4.96. The number of nitrogens with one attached hydrogen (secondary N) is 1. The van der Waals surface area contributed by atoms with Crippen LogP contribution < -0.4 is 5.32 Å². The Balaban J connectivity index is 2.10. The van der Waals surface area contributed by atoms with E-state index in [9.17, 15) is 9.36 Å². The van der Waals surface area contributed by atoms with E-state index in [1.54, 1.807) is 0 Å². The van der Waals surface area contributed by atoms with Crippen molar-refractivity contribution < 1.29 is 14.3 Å². The minimum Gasteiger partial charge on any atom is -0.306 e. The molecule has 0 spiro atoms. The molecule has 5 heteroatoms. The highest BCUT2D eigenvalue weighted by Gasteiger charge is 2.10. The van der Waals surface area contributed by atoms with Gasteiger partial charge in [-0.25, -0.2) is 0 Å². The Kier molecular flexibility index (Phi) is 6.63. The number of carbonyl (C=O) groups excluding carboxylic acids is 1. The first-order chi connectivity index (χ1) is 8.18. The number of Topliss-reactive ketones (excluding diaryl/α,β-unsaturated/α-hetero) is 1. The van der Waals surface area contributed by atoms with Gasteiger partial charge in [-0.05, 0) is 10.1 Å². The first-order valence-electron chi connectivity index (χ1n) is 5.58. The Bertz CT molecular complexity index is 367. The Hall–Kier alpha value is -1.09. The molecule has 17 heavy (non-hydrogen) atoms. The largest absolute Gasteiger partial charge is 0.505 e. The van der Waals surface area contributed by atoms with Crippen molar-refractivity contribution in [2.45, 2.75) is 19.4 Å². The van der Waals surface area contributed by atoms with Gasteiger partial charge in [0, 0.05) is 19.4 Å². The van der Waals surface area contributed by atoms with Gasteiger partial charge >= 0.3 is 8.03 Å². The predicted octanol–water partition coefficient (Wildman–Crippen LogP) is 1.86. The predicted molar refractivity (Wildman–Crippen MR) is 67.1 cm³/mol. The lowest BCUT2D eigenvalue weighted by atomic mass is 10.2. The summed E-state index contributed by atoms with van der Waals surface area (Å²) in [4.78, 5) is 19.9. The average molecular weight is 254 g/mol. The van der Waals surface area contributed by atoms with Gasteiger partial charge in [-0.1, -0.05) is 30.3 Å². The van der Waals surface area contributed by atoms with E-state index >= 15 is 0 Å². The van der Waals surface area contributed by atoms with Gasteiger partial charge in [-0.15, -0.1) is 0 Å². The summed E-state index contributed by atoms with van der Waals surface area (Å²) in [5.74, 6) is 0.0813. The van der Waals surface area contributed by atoms with Gasteiger partial charge in [0.1, 0.15) is 5.78 Å². The molecule has 2 N–H and O–H groups in total. The zero-order chi connectivity index (χ0) is 12.5. The second-order valence-electron chi connectivity index (χ2n) is 3.81. The standard InChI is InChI=1S/C12H16NO3P/c14-12(7-4-8-17(15)16)10-13-9-11-5-2-1-3-6-11/h1-3,5-6,13H,4,7-10H2/p+1. The molecule has 0 saturated heterocycles. The van der Waals surface area contributed by atoms with Crippen LogP contribution in [0, 0.1) is 0 Å². The van der Waals surface area contributed by atoms with Gasteiger partial charge in [0.05, 0.1) is 6.54 Å². The molecule has 1 atom stereocenters. The van der Waals surface area contributed by atoms with Crippen LogP contribution in [0.25, 0.3) is 0 Å². The summed E-state index contributed by atoms with van der Waals surface area (Å²) in [5.41, 5.74) is 1.14. The van der Waals surface area contributed by atoms with E-state index in [2.05, 4.69) is 5.32 Å². The lowest BCUT2D eigenvalue weighted by molar-refractivity contribution is -0.118. The van der Waals surface area contributed by atoms with Crippen LogP contribution in [-0.4, -0.2) is 23.4 Å². The molecule has 92 valence electrons. The molecule has 1 aromatic carbocycles. The van der Waals surface area contributed by atoms with Crippen molar-refractivity contribution in [3.05, 3.63) is 35.9 Å². The number of hydrogen-bond donors (Lipinski definition) is 2. The lowest BCUT2D eigenvalue weighted by Crippen LogP contribution is -2.22. The fourth-order valence-electron chi connectivity index (χ4n) is 1.44. The van der Waals surface area contributed by atoms with Crippen molar-refractivity contribution in [3.63, 3.8) is 0 Å². The molecule has 0 fully saturated rings.